The van der Waals surface area contributed by atoms with E-state index in [4.69, 9.17) is 10.7 Å². The molecule has 23 heavy (non-hydrogen) atoms. The molecule has 0 unspecified atom stereocenters. The Hall–Kier alpha value is -1.31. The summed E-state index contributed by atoms with van der Waals surface area (Å²) in [5, 5.41) is 0. The molecular weight excluding hydrogens is 401 g/mol. The number of aliphatic imine (C=N–C) groups is 1. The van der Waals surface area contributed by atoms with Crippen molar-refractivity contribution in [3.8, 4) is 0 Å². The molecule has 3 rings (SSSR count). The summed E-state index contributed by atoms with van der Waals surface area (Å²) < 4.78 is 2.11. The summed E-state index contributed by atoms with van der Waals surface area (Å²) in [4.78, 5) is 11.5. The molecule has 0 saturated carbocycles. The van der Waals surface area contributed by atoms with Crippen LogP contribution >= 0.6 is 24.0 Å². The van der Waals surface area contributed by atoms with Crippen LogP contribution < -0.4 is 5.73 Å². The van der Waals surface area contributed by atoms with Crippen LogP contribution in [0.5, 0.6) is 0 Å². The van der Waals surface area contributed by atoms with E-state index in [-0.39, 0.29) is 24.0 Å². The Balaban J connectivity index is 0.00000192. The van der Waals surface area contributed by atoms with Crippen LogP contribution in [0.3, 0.4) is 0 Å². The van der Waals surface area contributed by atoms with Crippen molar-refractivity contribution >= 4 is 41.0 Å². The van der Waals surface area contributed by atoms with Gasteiger partial charge in [0.05, 0.1) is 11.0 Å². The fourth-order valence-corrected chi connectivity index (χ4v) is 3.05. The number of aromatic nitrogens is 2. The maximum absolute atomic E-state index is 6.17. The fraction of sp³-hybridized carbons (Fsp3) is 0.529. The van der Waals surface area contributed by atoms with Crippen LogP contribution in [0, 0.1) is 6.92 Å². The maximum Gasteiger partial charge on any atom is 0.191 e. The van der Waals surface area contributed by atoms with Gasteiger partial charge < -0.3 is 15.2 Å². The molecule has 0 radical (unpaired) electrons. The molecule has 5 nitrogen and oxygen atoms in total. The van der Waals surface area contributed by atoms with Gasteiger partial charge in [-0.25, -0.2) is 9.98 Å². The van der Waals surface area contributed by atoms with E-state index in [0.717, 1.165) is 29.9 Å². The summed E-state index contributed by atoms with van der Waals surface area (Å²) in [5.74, 6) is 1.61. The van der Waals surface area contributed by atoms with Crippen LogP contribution in [0.15, 0.2) is 23.2 Å². The first-order chi connectivity index (χ1) is 10.6. The first kappa shape index (κ1) is 18.0. The highest BCUT2D eigenvalue weighted by molar-refractivity contribution is 14.0. The Morgan fingerprint density at radius 2 is 1.91 bits per heavy atom. The van der Waals surface area contributed by atoms with E-state index in [1.807, 2.05) is 7.05 Å². The van der Waals surface area contributed by atoms with Crippen molar-refractivity contribution in [2.75, 3.05) is 13.1 Å². The molecule has 0 spiro atoms. The first-order valence-electron chi connectivity index (χ1n) is 8.12. The second kappa shape index (κ2) is 7.99. The van der Waals surface area contributed by atoms with Gasteiger partial charge in [-0.05, 0) is 37.5 Å². The topological polar surface area (TPSA) is 59.4 Å². The minimum atomic E-state index is 0. The van der Waals surface area contributed by atoms with Crippen LogP contribution in [0.4, 0.5) is 0 Å². The summed E-state index contributed by atoms with van der Waals surface area (Å²) in [5.41, 5.74) is 9.57. The Bertz CT molecular complexity index is 684. The first-order valence-corrected chi connectivity index (χ1v) is 8.12. The smallest absolute Gasteiger partial charge is 0.191 e. The van der Waals surface area contributed by atoms with Crippen LogP contribution in [0.25, 0.3) is 11.0 Å². The van der Waals surface area contributed by atoms with E-state index in [0.29, 0.717) is 12.5 Å². The number of hydrogen-bond acceptors (Lipinski definition) is 2. The molecule has 6 heteroatoms. The molecule has 0 aliphatic carbocycles. The molecule has 1 aromatic heterocycles. The van der Waals surface area contributed by atoms with Gasteiger partial charge in [-0.3, -0.25) is 0 Å². The van der Waals surface area contributed by atoms with Gasteiger partial charge in [0.25, 0.3) is 0 Å². The molecule has 1 aliphatic heterocycles. The number of hydrogen-bond donors (Lipinski definition) is 1. The van der Waals surface area contributed by atoms with Crippen molar-refractivity contribution in [3.05, 3.63) is 29.6 Å². The molecule has 1 aromatic carbocycles. The number of imidazole rings is 1. The van der Waals surface area contributed by atoms with E-state index in [1.165, 1.54) is 31.2 Å². The normalized spacial score (nSPS) is 16.3. The fourth-order valence-electron chi connectivity index (χ4n) is 3.05. The number of nitrogens with zero attached hydrogens (tertiary/aromatic N) is 4. The molecule has 1 fully saturated rings. The van der Waals surface area contributed by atoms with Crippen molar-refractivity contribution in [2.24, 2.45) is 17.8 Å². The van der Waals surface area contributed by atoms with Crippen LogP contribution in [0.2, 0.25) is 0 Å². The summed E-state index contributed by atoms with van der Waals surface area (Å²) in [7, 11) is 2.04. The van der Waals surface area contributed by atoms with Gasteiger partial charge in [-0.2, -0.15) is 0 Å². The molecule has 0 bridgehead atoms. The summed E-state index contributed by atoms with van der Waals surface area (Å²) in [6.07, 6.45) is 5.02. The SMILES string of the molecule is Cc1ccc2c(c1)nc(CN=C(N)N1CCCCCC1)n2C.I. The molecule has 0 amide bonds. The number of rotatable bonds is 2. The minimum absolute atomic E-state index is 0. The van der Waals surface area contributed by atoms with Gasteiger partial charge in [0.2, 0.25) is 0 Å². The van der Waals surface area contributed by atoms with Crippen LogP contribution in [-0.4, -0.2) is 33.5 Å². The molecule has 1 saturated heterocycles. The van der Waals surface area contributed by atoms with Crippen LogP contribution in [-0.2, 0) is 13.6 Å². The lowest BCUT2D eigenvalue weighted by molar-refractivity contribution is 0.428. The van der Waals surface area contributed by atoms with Gasteiger partial charge in [-0.15, -0.1) is 24.0 Å². The second-order valence-corrected chi connectivity index (χ2v) is 6.15. The lowest BCUT2D eigenvalue weighted by Gasteiger charge is -2.20. The zero-order valence-corrected chi connectivity index (χ0v) is 16.3. The van der Waals surface area contributed by atoms with Gasteiger partial charge in [0.15, 0.2) is 5.96 Å². The molecule has 0 atom stereocenters. The summed E-state index contributed by atoms with van der Waals surface area (Å²) in [6.45, 7) is 4.67. The molecule has 2 aromatic rings. The number of nitrogens with two attached hydrogens (primary N) is 1. The van der Waals surface area contributed by atoms with Gasteiger partial charge in [0, 0.05) is 20.1 Å². The van der Waals surface area contributed by atoms with Gasteiger partial charge >= 0.3 is 0 Å². The molecule has 2 heterocycles. The van der Waals surface area contributed by atoms with E-state index >= 15 is 0 Å². The zero-order chi connectivity index (χ0) is 15.5. The predicted molar refractivity (Wildman–Crippen MR) is 106 cm³/mol. The van der Waals surface area contributed by atoms with Crippen LogP contribution in [0.1, 0.15) is 37.1 Å². The quantitative estimate of drug-likeness (QED) is 0.455. The average Bonchev–Trinajstić information content (AvgIpc) is 2.71. The lowest BCUT2D eigenvalue weighted by Crippen LogP contribution is -2.38. The molecular formula is C17H26IN5. The lowest BCUT2D eigenvalue weighted by atomic mass is 10.2. The predicted octanol–water partition coefficient (Wildman–Crippen LogP) is 3.19. The number of guanidine groups is 1. The Kier molecular flexibility index (Phi) is 6.26. The zero-order valence-electron chi connectivity index (χ0n) is 14.0. The highest BCUT2D eigenvalue weighted by Crippen LogP contribution is 2.17. The number of likely N-dealkylation sites (tertiary alicyclic amines) is 1. The molecule has 1 aliphatic rings. The Morgan fingerprint density at radius 3 is 2.61 bits per heavy atom. The van der Waals surface area contributed by atoms with Crippen molar-refractivity contribution in [3.63, 3.8) is 0 Å². The number of aryl methyl sites for hydroxylation is 2. The van der Waals surface area contributed by atoms with E-state index in [9.17, 15) is 0 Å². The number of halogens is 1. The largest absolute Gasteiger partial charge is 0.370 e. The van der Waals surface area contributed by atoms with E-state index < -0.39 is 0 Å². The summed E-state index contributed by atoms with van der Waals surface area (Å²) >= 11 is 0. The maximum atomic E-state index is 6.17. The van der Waals surface area contributed by atoms with Crippen molar-refractivity contribution in [1.82, 2.24) is 14.5 Å². The molecule has 2 N–H and O–H groups in total. The third-order valence-electron chi connectivity index (χ3n) is 4.44. The van der Waals surface area contributed by atoms with Gasteiger partial charge in [0.1, 0.15) is 12.4 Å². The number of fused-ring (bicyclic) bond motifs is 1. The molecule has 126 valence electrons. The third kappa shape index (κ3) is 4.16. The Labute approximate surface area is 155 Å². The summed E-state index contributed by atoms with van der Waals surface area (Å²) in [6, 6.07) is 6.34. The highest BCUT2D eigenvalue weighted by Gasteiger charge is 2.12. The minimum Gasteiger partial charge on any atom is -0.370 e. The standard InChI is InChI=1S/C17H25N5.HI/c1-13-7-8-15-14(11-13)20-16(21(15)2)12-19-17(18)22-9-5-3-4-6-10-22;/h7-8,11H,3-6,9-10,12H2,1-2H3,(H2,18,19);1H. The second-order valence-electron chi connectivity index (χ2n) is 6.15. The van der Waals surface area contributed by atoms with Gasteiger partial charge in [-0.1, -0.05) is 18.9 Å². The highest BCUT2D eigenvalue weighted by atomic mass is 127. The average molecular weight is 427 g/mol. The Morgan fingerprint density at radius 1 is 1.22 bits per heavy atom. The van der Waals surface area contributed by atoms with Crippen molar-refractivity contribution in [2.45, 2.75) is 39.2 Å². The monoisotopic (exact) mass is 427 g/mol. The van der Waals surface area contributed by atoms with Crippen molar-refractivity contribution < 1.29 is 0 Å². The third-order valence-corrected chi connectivity index (χ3v) is 4.44. The van der Waals surface area contributed by atoms with E-state index in [2.05, 4.69) is 39.6 Å². The van der Waals surface area contributed by atoms with E-state index in [1.54, 1.807) is 0 Å². The number of benzene rings is 1. The van der Waals surface area contributed by atoms with Crippen molar-refractivity contribution in [1.29, 1.82) is 0 Å².